The molecule has 0 saturated carbocycles. The average molecular weight is 220 g/mol. The highest BCUT2D eigenvalue weighted by Gasteiger charge is 2.09. The standard InChI is InChI=1S/C13H20N2O/c1-10(8-9-14)11-4-6-12(7-5-11)13(16)15(2)3/h4-7,10H,8-9,14H2,1-3H3. The van der Waals surface area contributed by atoms with Crippen LogP contribution in [-0.4, -0.2) is 31.4 Å². The van der Waals surface area contributed by atoms with Crippen molar-refractivity contribution in [2.45, 2.75) is 19.3 Å². The van der Waals surface area contributed by atoms with Crippen molar-refractivity contribution in [1.82, 2.24) is 4.90 Å². The first-order chi connectivity index (χ1) is 7.56. The number of hydrogen-bond acceptors (Lipinski definition) is 2. The van der Waals surface area contributed by atoms with Gasteiger partial charge in [-0.3, -0.25) is 4.79 Å². The Hall–Kier alpha value is -1.35. The molecule has 0 radical (unpaired) electrons. The van der Waals surface area contributed by atoms with Crippen molar-refractivity contribution in [2.75, 3.05) is 20.6 Å². The third-order valence-corrected chi connectivity index (χ3v) is 2.73. The molecule has 0 saturated heterocycles. The molecule has 1 unspecified atom stereocenters. The van der Waals surface area contributed by atoms with Gasteiger partial charge in [0.1, 0.15) is 0 Å². The van der Waals surface area contributed by atoms with Crippen LogP contribution in [-0.2, 0) is 0 Å². The normalized spacial score (nSPS) is 12.2. The smallest absolute Gasteiger partial charge is 0.253 e. The van der Waals surface area contributed by atoms with Gasteiger partial charge in [-0.05, 0) is 36.6 Å². The van der Waals surface area contributed by atoms with E-state index in [1.165, 1.54) is 5.56 Å². The van der Waals surface area contributed by atoms with Gasteiger partial charge in [0.05, 0.1) is 0 Å². The molecule has 0 bridgehead atoms. The molecule has 1 aromatic rings. The van der Waals surface area contributed by atoms with Crippen molar-refractivity contribution in [2.24, 2.45) is 5.73 Å². The lowest BCUT2D eigenvalue weighted by molar-refractivity contribution is 0.0827. The molecule has 3 nitrogen and oxygen atoms in total. The summed E-state index contributed by atoms with van der Waals surface area (Å²) in [6.07, 6.45) is 0.973. The maximum Gasteiger partial charge on any atom is 0.253 e. The van der Waals surface area contributed by atoms with E-state index >= 15 is 0 Å². The minimum absolute atomic E-state index is 0.0398. The molecule has 88 valence electrons. The minimum atomic E-state index is 0.0398. The molecular formula is C13H20N2O. The van der Waals surface area contributed by atoms with Crippen LogP contribution in [0.1, 0.15) is 35.2 Å². The molecule has 1 aromatic carbocycles. The van der Waals surface area contributed by atoms with Crippen LogP contribution in [0.5, 0.6) is 0 Å². The highest BCUT2D eigenvalue weighted by Crippen LogP contribution is 2.18. The molecule has 0 spiro atoms. The zero-order valence-corrected chi connectivity index (χ0v) is 10.2. The number of nitrogens with zero attached hydrogens (tertiary/aromatic N) is 1. The SMILES string of the molecule is CC(CCN)c1ccc(C(=O)N(C)C)cc1. The van der Waals surface area contributed by atoms with Crippen LogP contribution in [0.4, 0.5) is 0 Å². The summed E-state index contributed by atoms with van der Waals surface area (Å²) in [7, 11) is 3.51. The molecule has 1 rings (SSSR count). The quantitative estimate of drug-likeness (QED) is 0.841. The maximum absolute atomic E-state index is 11.7. The molecule has 1 atom stereocenters. The van der Waals surface area contributed by atoms with Gasteiger partial charge >= 0.3 is 0 Å². The molecule has 0 heterocycles. The van der Waals surface area contributed by atoms with Crippen LogP contribution in [0.2, 0.25) is 0 Å². The Bertz CT molecular complexity index is 343. The molecule has 16 heavy (non-hydrogen) atoms. The lowest BCUT2D eigenvalue weighted by atomic mass is 9.97. The van der Waals surface area contributed by atoms with Crippen LogP contribution >= 0.6 is 0 Å². The van der Waals surface area contributed by atoms with Gasteiger partial charge in [-0.15, -0.1) is 0 Å². The fraction of sp³-hybridized carbons (Fsp3) is 0.462. The van der Waals surface area contributed by atoms with Crippen LogP contribution in [0.15, 0.2) is 24.3 Å². The summed E-state index contributed by atoms with van der Waals surface area (Å²) in [5, 5.41) is 0. The van der Waals surface area contributed by atoms with Gasteiger partial charge in [-0.25, -0.2) is 0 Å². The van der Waals surface area contributed by atoms with E-state index < -0.39 is 0 Å². The highest BCUT2D eigenvalue weighted by atomic mass is 16.2. The Labute approximate surface area is 97.2 Å². The Balaban J connectivity index is 2.79. The summed E-state index contributed by atoms with van der Waals surface area (Å²) in [4.78, 5) is 13.2. The zero-order chi connectivity index (χ0) is 12.1. The van der Waals surface area contributed by atoms with Crippen LogP contribution < -0.4 is 5.73 Å². The summed E-state index contributed by atoms with van der Waals surface area (Å²) in [5.74, 6) is 0.492. The Kier molecular flexibility index (Phi) is 4.50. The topological polar surface area (TPSA) is 46.3 Å². The van der Waals surface area contributed by atoms with Gasteiger partial charge in [0.2, 0.25) is 0 Å². The predicted octanol–water partition coefficient (Wildman–Crippen LogP) is 1.84. The molecule has 0 aliphatic carbocycles. The van der Waals surface area contributed by atoms with E-state index in [1.807, 2.05) is 24.3 Å². The molecule has 0 fully saturated rings. The van der Waals surface area contributed by atoms with Crippen molar-refractivity contribution >= 4 is 5.91 Å². The summed E-state index contributed by atoms with van der Waals surface area (Å²) in [5.41, 5.74) is 7.49. The maximum atomic E-state index is 11.7. The molecule has 0 aliphatic heterocycles. The molecule has 0 aliphatic rings. The van der Waals surface area contributed by atoms with Gasteiger partial charge in [0.25, 0.3) is 5.91 Å². The number of carbonyl (C=O) groups excluding carboxylic acids is 1. The second-order valence-electron chi connectivity index (χ2n) is 4.30. The molecule has 2 N–H and O–H groups in total. The van der Waals surface area contributed by atoms with Crippen molar-refractivity contribution in [3.8, 4) is 0 Å². The first-order valence-corrected chi connectivity index (χ1v) is 5.58. The van der Waals surface area contributed by atoms with Crippen molar-refractivity contribution in [1.29, 1.82) is 0 Å². The minimum Gasteiger partial charge on any atom is -0.345 e. The fourth-order valence-electron chi connectivity index (χ4n) is 1.63. The van der Waals surface area contributed by atoms with Gasteiger partial charge in [0, 0.05) is 19.7 Å². The van der Waals surface area contributed by atoms with E-state index in [1.54, 1.807) is 19.0 Å². The zero-order valence-electron chi connectivity index (χ0n) is 10.2. The third-order valence-electron chi connectivity index (χ3n) is 2.73. The van der Waals surface area contributed by atoms with Gasteiger partial charge < -0.3 is 10.6 Å². The van der Waals surface area contributed by atoms with Gasteiger partial charge in [0.15, 0.2) is 0 Å². The molecule has 0 aromatic heterocycles. The van der Waals surface area contributed by atoms with Crippen LogP contribution in [0, 0.1) is 0 Å². The van der Waals surface area contributed by atoms with Crippen LogP contribution in [0.3, 0.4) is 0 Å². The molecule has 3 heteroatoms. The largest absolute Gasteiger partial charge is 0.345 e. The summed E-state index contributed by atoms with van der Waals surface area (Å²) >= 11 is 0. The van der Waals surface area contributed by atoms with E-state index in [-0.39, 0.29) is 5.91 Å². The van der Waals surface area contributed by atoms with Gasteiger partial charge in [-0.1, -0.05) is 19.1 Å². The summed E-state index contributed by atoms with van der Waals surface area (Å²) in [6.45, 7) is 2.84. The highest BCUT2D eigenvalue weighted by molar-refractivity contribution is 5.93. The lowest BCUT2D eigenvalue weighted by Crippen LogP contribution is -2.21. The lowest BCUT2D eigenvalue weighted by Gasteiger charge is -2.13. The fourth-order valence-corrected chi connectivity index (χ4v) is 1.63. The molecule has 1 amide bonds. The summed E-state index contributed by atoms with van der Waals surface area (Å²) < 4.78 is 0. The van der Waals surface area contributed by atoms with E-state index in [9.17, 15) is 4.79 Å². The number of hydrogen-bond donors (Lipinski definition) is 1. The second kappa shape index (κ2) is 5.66. The number of nitrogens with two attached hydrogens (primary N) is 1. The number of amides is 1. The number of carbonyl (C=O) groups is 1. The average Bonchev–Trinajstić information content (AvgIpc) is 2.28. The van der Waals surface area contributed by atoms with Gasteiger partial charge in [-0.2, -0.15) is 0 Å². The van der Waals surface area contributed by atoms with Crippen LogP contribution in [0.25, 0.3) is 0 Å². The second-order valence-corrected chi connectivity index (χ2v) is 4.30. The van der Waals surface area contributed by atoms with E-state index in [4.69, 9.17) is 5.73 Å². The summed E-state index contributed by atoms with van der Waals surface area (Å²) in [6, 6.07) is 7.78. The molecular weight excluding hydrogens is 200 g/mol. The predicted molar refractivity (Wildman–Crippen MR) is 66.5 cm³/mol. The number of rotatable bonds is 4. The first-order valence-electron chi connectivity index (χ1n) is 5.58. The Morgan fingerprint density at radius 2 is 1.88 bits per heavy atom. The van der Waals surface area contributed by atoms with E-state index in [0.29, 0.717) is 12.5 Å². The Morgan fingerprint density at radius 3 is 2.31 bits per heavy atom. The first kappa shape index (κ1) is 12.7. The monoisotopic (exact) mass is 220 g/mol. The van der Waals surface area contributed by atoms with E-state index in [0.717, 1.165) is 12.0 Å². The number of benzene rings is 1. The van der Waals surface area contributed by atoms with Crippen molar-refractivity contribution in [3.63, 3.8) is 0 Å². The van der Waals surface area contributed by atoms with E-state index in [2.05, 4.69) is 6.92 Å². The van der Waals surface area contributed by atoms with Crippen molar-refractivity contribution in [3.05, 3.63) is 35.4 Å². The van der Waals surface area contributed by atoms with Crippen molar-refractivity contribution < 1.29 is 4.79 Å². The third kappa shape index (κ3) is 3.07. The Morgan fingerprint density at radius 1 is 1.31 bits per heavy atom.